The number of alkyl halides is 3. The first-order chi connectivity index (χ1) is 16.7. The van der Waals surface area contributed by atoms with Crippen molar-refractivity contribution in [1.82, 2.24) is 20.1 Å². The summed E-state index contributed by atoms with van der Waals surface area (Å²) in [6, 6.07) is 8.37. The predicted molar refractivity (Wildman–Crippen MR) is 125 cm³/mol. The molecule has 11 heteroatoms. The lowest BCUT2D eigenvalue weighted by atomic mass is 10.0. The summed E-state index contributed by atoms with van der Waals surface area (Å²) in [6.07, 6.45) is -1.04. The summed E-state index contributed by atoms with van der Waals surface area (Å²) < 4.78 is 46.6. The van der Waals surface area contributed by atoms with Gasteiger partial charge in [-0.1, -0.05) is 6.07 Å². The van der Waals surface area contributed by atoms with Crippen LogP contribution in [0.25, 0.3) is 11.3 Å². The Morgan fingerprint density at radius 1 is 1.17 bits per heavy atom. The van der Waals surface area contributed by atoms with Gasteiger partial charge < -0.3 is 15.8 Å². The van der Waals surface area contributed by atoms with Gasteiger partial charge in [-0.05, 0) is 68.8 Å². The molecule has 0 spiro atoms. The molecule has 2 aromatic carbocycles. The number of nitrogens with zero attached hydrogens (tertiary/aromatic N) is 4. The largest absolute Gasteiger partial charge is 0.492 e. The van der Waals surface area contributed by atoms with Gasteiger partial charge in [0.05, 0.1) is 17.5 Å². The average molecular weight is 486 g/mol. The van der Waals surface area contributed by atoms with Gasteiger partial charge in [-0.15, -0.1) is 5.10 Å². The van der Waals surface area contributed by atoms with E-state index in [4.69, 9.17) is 10.5 Å². The van der Waals surface area contributed by atoms with Crippen molar-refractivity contribution in [1.29, 1.82) is 0 Å². The number of likely N-dealkylation sites (tertiary alicyclic amines) is 1. The summed E-state index contributed by atoms with van der Waals surface area (Å²) in [5.74, 6) is -0.850. The van der Waals surface area contributed by atoms with Crippen molar-refractivity contribution in [3.05, 3.63) is 59.3 Å². The van der Waals surface area contributed by atoms with Crippen LogP contribution in [-0.4, -0.2) is 52.2 Å². The zero-order valence-corrected chi connectivity index (χ0v) is 19.1. The highest BCUT2D eigenvalue weighted by Gasteiger charge is 2.35. The van der Waals surface area contributed by atoms with Gasteiger partial charge in [0.25, 0.3) is 5.91 Å². The van der Waals surface area contributed by atoms with Gasteiger partial charge in [0.15, 0.2) is 0 Å². The number of nitrogens with one attached hydrogen (secondary N) is 1. The summed E-state index contributed by atoms with van der Waals surface area (Å²) in [5, 5.41) is 9.92. The molecular weight excluding hydrogens is 461 g/mol. The Morgan fingerprint density at radius 3 is 2.66 bits per heavy atom. The number of carbonyl (C=O) groups excluding carboxylic acids is 1. The van der Waals surface area contributed by atoms with Gasteiger partial charge in [-0.25, -0.2) is 4.98 Å². The highest BCUT2D eigenvalue weighted by atomic mass is 19.4. The molecule has 35 heavy (non-hydrogen) atoms. The number of ether oxygens (including phenoxy) is 1. The van der Waals surface area contributed by atoms with Crippen molar-refractivity contribution in [3.63, 3.8) is 0 Å². The lowest BCUT2D eigenvalue weighted by molar-refractivity contribution is -0.138. The third-order valence-electron chi connectivity index (χ3n) is 5.76. The molecule has 8 nitrogen and oxygen atoms in total. The predicted octanol–water partition coefficient (Wildman–Crippen LogP) is 4.17. The number of anilines is 2. The molecule has 0 aliphatic carbocycles. The molecule has 184 valence electrons. The topological polar surface area (TPSA) is 106 Å². The van der Waals surface area contributed by atoms with Crippen LogP contribution in [0.3, 0.4) is 0 Å². The summed E-state index contributed by atoms with van der Waals surface area (Å²) in [4.78, 5) is 19.1. The van der Waals surface area contributed by atoms with E-state index in [-0.39, 0.29) is 29.6 Å². The van der Waals surface area contributed by atoms with Gasteiger partial charge in [0, 0.05) is 23.4 Å². The lowest BCUT2D eigenvalue weighted by Crippen LogP contribution is -2.25. The van der Waals surface area contributed by atoms with Crippen LogP contribution in [0.4, 0.5) is 24.8 Å². The Morgan fingerprint density at radius 2 is 1.94 bits per heavy atom. The summed E-state index contributed by atoms with van der Waals surface area (Å²) in [6.45, 7) is 4.42. The van der Waals surface area contributed by atoms with E-state index in [2.05, 4.69) is 25.4 Å². The number of aryl methyl sites for hydroxylation is 1. The Labute approximate surface area is 200 Å². The molecule has 3 aromatic rings. The third-order valence-corrected chi connectivity index (χ3v) is 5.76. The molecule has 1 aromatic heterocycles. The van der Waals surface area contributed by atoms with Crippen molar-refractivity contribution in [2.75, 3.05) is 37.3 Å². The molecule has 1 fully saturated rings. The first kappa shape index (κ1) is 24.4. The number of nitrogen functional groups attached to an aromatic ring is 1. The van der Waals surface area contributed by atoms with Crippen LogP contribution in [0, 0.1) is 6.92 Å². The molecule has 0 radical (unpaired) electrons. The third kappa shape index (κ3) is 6.04. The van der Waals surface area contributed by atoms with Crippen LogP contribution >= 0.6 is 0 Å². The highest BCUT2D eigenvalue weighted by Crippen LogP contribution is 2.38. The number of nitrogens with two attached hydrogens (primary N) is 1. The fourth-order valence-corrected chi connectivity index (χ4v) is 3.94. The molecule has 1 amide bonds. The van der Waals surface area contributed by atoms with E-state index in [1.807, 2.05) is 6.92 Å². The van der Waals surface area contributed by atoms with Crippen molar-refractivity contribution in [2.24, 2.45) is 0 Å². The number of carbonyl (C=O) groups is 1. The van der Waals surface area contributed by atoms with Crippen LogP contribution in [0.1, 0.15) is 34.3 Å². The monoisotopic (exact) mass is 486 g/mol. The van der Waals surface area contributed by atoms with Gasteiger partial charge in [0.2, 0.25) is 5.95 Å². The fourth-order valence-electron chi connectivity index (χ4n) is 3.94. The standard InChI is InChI=1S/C24H25F3N6O2/c1-15-4-5-16(12-18(15)20-14-29-32-23(28)31-20)22(34)30-17-6-7-21(19(13-17)24(25,26)27)35-11-10-33-8-2-3-9-33/h4-7,12-14H,2-3,8-11H2,1H3,(H,30,34)(H2,28,31,32). The molecule has 0 bridgehead atoms. The Hall–Kier alpha value is -3.73. The van der Waals surface area contributed by atoms with Crippen molar-refractivity contribution in [2.45, 2.75) is 25.9 Å². The van der Waals surface area contributed by atoms with Crippen LogP contribution in [0.2, 0.25) is 0 Å². The number of halogens is 3. The molecule has 3 N–H and O–H groups in total. The molecule has 2 heterocycles. The van der Waals surface area contributed by atoms with Gasteiger partial charge >= 0.3 is 6.18 Å². The SMILES string of the molecule is Cc1ccc(C(=O)Nc2ccc(OCCN3CCCC3)c(C(F)(F)F)c2)cc1-c1cnnc(N)n1. The second kappa shape index (κ2) is 10.3. The number of amides is 1. The maximum Gasteiger partial charge on any atom is 0.420 e. The maximum atomic E-state index is 13.7. The summed E-state index contributed by atoms with van der Waals surface area (Å²) >= 11 is 0. The van der Waals surface area contributed by atoms with E-state index in [1.54, 1.807) is 18.2 Å². The second-order valence-corrected chi connectivity index (χ2v) is 8.29. The van der Waals surface area contributed by atoms with Gasteiger partial charge in [0.1, 0.15) is 12.4 Å². The summed E-state index contributed by atoms with van der Waals surface area (Å²) in [7, 11) is 0. The molecular formula is C24H25F3N6O2. The zero-order valence-electron chi connectivity index (χ0n) is 19.1. The van der Waals surface area contributed by atoms with Gasteiger partial charge in [-0.3, -0.25) is 9.69 Å². The Kier molecular flexibility index (Phi) is 7.15. The number of hydrogen-bond donors (Lipinski definition) is 2. The van der Waals surface area contributed by atoms with Crippen LogP contribution in [0.15, 0.2) is 42.6 Å². The number of aromatic nitrogens is 3. The first-order valence-electron chi connectivity index (χ1n) is 11.1. The molecule has 0 saturated carbocycles. The van der Waals surface area contributed by atoms with Crippen molar-refractivity contribution < 1.29 is 22.7 Å². The second-order valence-electron chi connectivity index (χ2n) is 8.29. The number of hydrogen-bond acceptors (Lipinski definition) is 7. The van der Waals surface area contributed by atoms with E-state index in [1.165, 1.54) is 18.3 Å². The van der Waals surface area contributed by atoms with E-state index >= 15 is 0 Å². The minimum atomic E-state index is -4.64. The number of benzene rings is 2. The molecule has 1 aliphatic rings. The summed E-state index contributed by atoms with van der Waals surface area (Å²) in [5.41, 5.74) is 6.76. The molecule has 1 saturated heterocycles. The quantitative estimate of drug-likeness (QED) is 0.516. The minimum Gasteiger partial charge on any atom is -0.492 e. The highest BCUT2D eigenvalue weighted by molar-refractivity contribution is 6.05. The van der Waals surface area contributed by atoms with E-state index < -0.39 is 17.6 Å². The van der Waals surface area contributed by atoms with Gasteiger partial charge in [-0.2, -0.15) is 18.3 Å². The Balaban J connectivity index is 1.51. The molecule has 4 rings (SSSR count). The molecule has 0 unspecified atom stereocenters. The molecule has 1 aliphatic heterocycles. The van der Waals surface area contributed by atoms with E-state index in [0.717, 1.165) is 37.6 Å². The van der Waals surface area contributed by atoms with E-state index in [9.17, 15) is 18.0 Å². The van der Waals surface area contributed by atoms with Crippen LogP contribution in [0.5, 0.6) is 5.75 Å². The lowest BCUT2D eigenvalue weighted by Gasteiger charge is -2.18. The fraction of sp³-hybridized carbons (Fsp3) is 0.333. The molecule has 0 atom stereocenters. The smallest absolute Gasteiger partial charge is 0.420 e. The van der Waals surface area contributed by atoms with Crippen molar-refractivity contribution >= 4 is 17.5 Å². The number of rotatable bonds is 7. The van der Waals surface area contributed by atoms with E-state index in [0.29, 0.717) is 17.8 Å². The van der Waals surface area contributed by atoms with Crippen LogP contribution in [-0.2, 0) is 6.18 Å². The maximum absolute atomic E-state index is 13.7. The minimum absolute atomic E-state index is 0.00397. The van der Waals surface area contributed by atoms with Crippen molar-refractivity contribution in [3.8, 4) is 17.0 Å². The average Bonchev–Trinajstić information content (AvgIpc) is 3.33. The first-order valence-corrected chi connectivity index (χ1v) is 11.1. The Bertz CT molecular complexity index is 1210. The normalized spacial score (nSPS) is 14.2. The zero-order chi connectivity index (χ0) is 25.0. The van der Waals surface area contributed by atoms with Crippen LogP contribution < -0.4 is 15.8 Å².